The van der Waals surface area contributed by atoms with E-state index in [0.717, 1.165) is 17.0 Å². The first-order valence-electron chi connectivity index (χ1n) is 8.32. The molecule has 1 saturated heterocycles. The molecule has 1 fully saturated rings. The molecule has 9 heteroatoms. The van der Waals surface area contributed by atoms with Gasteiger partial charge in [-0.2, -0.15) is 0 Å². The molecule has 1 atom stereocenters. The average Bonchev–Trinajstić information content (AvgIpc) is 3.18. The lowest BCUT2D eigenvalue weighted by Gasteiger charge is -2.18. The van der Waals surface area contributed by atoms with Crippen molar-refractivity contribution in [2.24, 2.45) is 5.92 Å². The molecule has 0 aliphatic carbocycles. The molecule has 0 radical (unpaired) electrons. The van der Waals surface area contributed by atoms with E-state index in [1.54, 1.807) is 12.1 Å². The number of benzene rings is 2. The molecule has 3 amide bonds. The molecule has 0 spiro atoms. The first-order valence-corrected chi connectivity index (χ1v) is 8.32. The first-order chi connectivity index (χ1) is 13.4. The van der Waals surface area contributed by atoms with Gasteiger partial charge in [-0.15, -0.1) is 0 Å². The number of fused-ring (bicyclic) bond motifs is 1. The molecule has 0 saturated carbocycles. The summed E-state index contributed by atoms with van der Waals surface area (Å²) in [4.78, 5) is 55.2. The maximum atomic E-state index is 13.4. The largest absolute Gasteiger partial charge is 0.338 e. The van der Waals surface area contributed by atoms with Crippen LogP contribution in [0.2, 0.25) is 0 Å². The molecule has 2 aliphatic heterocycles. The van der Waals surface area contributed by atoms with Gasteiger partial charge in [0.25, 0.3) is 11.8 Å². The van der Waals surface area contributed by atoms with Gasteiger partial charge in [0, 0.05) is 24.7 Å². The van der Waals surface area contributed by atoms with Gasteiger partial charge in [-0.1, -0.05) is 17.2 Å². The summed E-state index contributed by atoms with van der Waals surface area (Å²) in [5, 5.41) is 0.373. The van der Waals surface area contributed by atoms with Crippen LogP contribution < -0.4 is 4.90 Å². The van der Waals surface area contributed by atoms with Crippen LogP contribution in [0.15, 0.2) is 42.5 Å². The van der Waals surface area contributed by atoms with Crippen molar-refractivity contribution in [3.8, 4) is 0 Å². The Morgan fingerprint density at radius 3 is 2.21 bits per heavy atom. The van der Waals surface area contributed by atoms with Crippen molar-refractivity contribution in [3.05, 3.63) is 65.2 Å². The van der Waals surface area contributed by atoms with Crippen LogP contribution in [0.3, 0.4) is 0 Å². The van der Waals surface area contributed by atoms with Gasteiger partial charge >= 0.3 is 5.97 Å². The lowest BCUT2D eigenvalue weighted by molar-refractivity contribution is -0.173. The number of imide groups is 1. The number of carbonyl (C=O) groups is 4. The summed E-state index contributed by atoms with van der Waals surface area (Å²) in [7, 11) is 0. The molecule has 2 heterocycles. The highest BCUT2D eigenvalue weighted by atomic mass is 19.2. The highest BCUT2D eigenvalue weighted by Gasteiger charge is 2.42. The normalized spacial score (nSPS) is 18.6. The molecular formula is C19H12F2N2O5. The topological polar surface area (TPSA) is 84.0 Å². The van der Waals surface area contributed by atoms with E-state index >= 15 is 0 Å². The maximum Gasteiger partial charge on any atom is 0.338 e. The second kappa shape index (κ2) is 6.52. The van der Waals surface area contributed by atoms with E-state index < -0.39 is 41.2 Å². The SMILES string of the molecule is O=C(ON1C(=O)c2ccccc2C1=O)C1CC(=O)N(c2ccc(F)c(F)c2)C1. The Balaban J connectivity index is 1.48. The monoisotopic (exact) mass is 386 g/mol. The molecule has 142 valence electrons. The maximum absolute atomic E-state index is 13.4. The number of rotatable bonds is 3. The lowest BCUT2D eigenvalue weighted by Crippen LogP contribution is -2.36. The fraction of sp³-hybridized carbons (Fsp3) is 0.158. The number of hydrogen-bond acceptors (Lipinski definition) is 5. The minimum Gasteiger partial charge on any atom is -0.329 e. The lowest BCUT2D eigenvalue weighted by atomic mass is 10.1. The van der Waals surface area contributed by atoms with E-state index in [-0.39, 0.29) is 29.8 Å². The number of amides is 3. The second-order valence-corrected chi connectivity index (χ2v) is 6.36. The van der Waals surface area contributed by atoms with Gasteiger partial charge in [-0.25, -0.2) is 13.6 Å². The van der Waals surface area contributed by atoms with Crippen molar-refractivity contribution >= 4 is 29.4 Å². The Labute approximate surface area is 157 Å². The fourth-order valence-corrected chi connectivity index (χ4v) is 3.18. The summed E-state index contributed by atoms with van der Waals surface area (Å²) in [6.07, 6.45) is -0.249. The quantitative estimate of drug-likeness (QED) is 0.754. The van der Waals surface area contributed by atoms with Gasteiger partial charge in [0.05, 0.1) is 17.0 Å². The molecule has 0 bridgehead atoms. The van der Waals surface area contributed by atoms with Gasteiger partial charge in [0.15, 0.2) is 11.6 Å². The van der Waals surface area contributed by atoms with Crippen molar-refractivity contribution in [2.45, 2.75) is 6.42 Å². The Morgan fingerprint density at radius 1 is 0.964 bits per heavy atom. The van der Waals surface area contributed by atoms with E-state index in [1.165, 1.54) is 18.2 Å². The molecular weight excluding hydrogens is 374 g/mol. The molecule has 28 heavy (non-hydrogen) atoms. The molecule has 0 N–H and O–H groups in total. The van der Waals surface area contributed by atoms with E-state index in [9.17, 15) is 28.0 Å². The first kappa shape index (κ1) is 17.8. The van der Waals surface area contributed by atoms with Crippen molar-refractivity contribution < 1.29 is 32.8 Å². The minimum absolute atomic E-state index is 0.0972. The van der Waals surface area contributed by atoms with Crippen LogP contribution in [-0.4, -0.2) is 35.3 Å². The summed E-state index contributed by atoms with van der Waals surface area (Å²) in [6, 6.07) is 8.97. The summed E-state index contributed by atoms with van der Waals surface area (Å²) >= 11 is 0. The van der Waals surface area contributed by atoms with E-state index in [0.29, 0.717) is 5.06 Å². The van der Waals surface area contributed by atoms with E-state index in [1.807, 2.05) is 0 Å². The molecule has 0 aromatic heterocycles. The van der Waals surface area contributed by atoms with Crippen molar-refractivity contribution in [1.82, 2.24) is 5.06 Å². The number of halogens is 2. The Hall–Kier alpha value is -3.62. The second-order valence-electron chi connectivity index (χ2n) is 6.36. The highest BCUT2D eigenvalue weighted by molar-refractivity contribution is 6.21. The summed E-state index contributed by atoms with van der Waals surface area (Å²) < 4.78 is 26.5. The molecule has 2 aromatic carbocycles. The van der Waals surface area contributed by atoms with Crippen LogP contribution in [0, 0.1) is 17.6 Å². The summed E-state index contributed by atoms with van der Waals surface area (Å²) in [6.45, 7) is -0.147. The third-order valence-electron chi connectivity index (χ3n) is 4.61. The van der Waals surface area contributed by atoms with E-state index in [2.05, 4.69) is 0 Å². The van der Waals surface area contributed by atoms with E-state index in [4.69, 9.17) is 4.84 Å². The predicted molar refractivity (Wildman–Crippen MR) is 89.9 cm³/mol. The number of carbonyl (C=O) groups excluding carboxylic acids is 4. The number of anilines is 1. The predicted octanol–water partition coefficient (Wildman–Crippen LogP) is 2.07. The molecule has 7 nitrogen and oxygen atoms in total. The van der Waals surface area contributed by atoms with Crippen LogP contribution >= 0.6 is 0 Å². The third-order valence-corrected chi connectivity index (χ3v) is 4.61. The third kappa shape index (κ3) is 2.81. The van der Waals surface area contributed by atoms with Crippen LogP contribution in [0.25, 0.3) is 0 Å². The Morgan fingerprint density at radius 2 is 1.61 bits per heavy atom. The van der Waals surface area contributed by atoms with Crippen LogP contribution in [-0.2, 0) is 14.4 Å². The highest BCUT2D eigenvalue weighted by Crippen LogP contribution is 2.29. The van der Waals surface area contributed by atoms with Crippen LogP contribution in [0.1, 0.15) is 27.1 Å². The number of hydroxylamine groups is 2. The zero-order valence-corrected chi connectivity index (χ0v) is 14.2. The fourth-order valence-electron chi connectivity index (χ4n) is 3.18. The number of nitrogens with zero attached hydrogens (tertiary/aromatic N) is 2. The Bertz CT molecular complexity index is 1000. The zero-order chi connectivity index (χ0) is 20.0. The van der Waals surface area contributed by atoms with Gasteiger partial charge < -0.3 is 9.74 Å². The summed E-state index contributed by atoms with van der Waals surface area (Å²) in [5.74, 6) is -6.11. The Kier molecular flexibility index (Phi) is 4.14. The van der Waals surface area contributed by atoms with Crippen molar-refractivity contribution in [1.29, 1.82) is 0 Å². The van der Waals surface area contributed by atoms with Crippen LogP contribution in [0.4, 0.5) is 14.5 Å². The minimum atomic E-state index is -1.12. The molecule has 2 aliphatic rings. The van der Waals surface area contributed by atoms with Gasteiger partial charge in [0.2, 0.25) is 5.91 Å². The molecule has 2 aromatic rings. The van der Waals surface area contributed by atoms with Crippen molar-refractivity contribution in [3.63, 3.8) is 0 Å². The standard InChI is InChI=1S/C19H12F2N2O5/c20-14-6-5-11(8-15(14)21)22-9-10(7-16(22)24)19(27)28-23-17(25)12-3-1-2-4-13(12)18(23)26/h1-6,8,10H,7,9H2. The van der Waals surface area contributed by atoms with Gasteiger partial charge in [-0.05, 0) is 24.3 Å². The van der Waals surface area contributed by atoms with Crippen LogP contribution in [0.5, 0.6) is 0 Å². The van der Waals surface area contributed by atoms with Gasteiger partial charge in [-0.3, -0.25) is 14.4 Å². The van der Waals surface area contributed by atoms with Gasteiger partial charge in [0.1, 0.15) is 0 Å². The zero-order valence-electron chi connectivity index (χ0n) is 14.2. The van der Waals surface area contributed by atoms with Crippen molar-refractivity contribution in [2.75, 3.05) is 11.4 Å². The number of hydrogen-bond donors (Lipinski definition) is 0. The molecule has 4 rings (SSSR count). The molecule has 1 unspecified atom stereocenters. The smallest absolute Gasteiger partial charge is 0.329 e. The average molecular weight is 386 g/mol. The summed E-state index contributed by atoms with van der Waals surface area (Å²) in [5.41, 5.74) is 0.331.